The monoisotopic (exact) mass is 150 g/mol. The van der Waals surface area contributed by atoms with Crippen LogP contribution in [-0.2, 0) is 0 Å². The second kappa shape index (κ2) is 6.57. The molecule has 0 rings (SSSR count). The fraction of sp³-hybridized carbons (Fsp3) is 1.00. The molecule has 0 aromatic carbocycles. The van der Waals surface area contributed by atoms with Gasteiger partial charge in [-0.05, 0) is 0 Å². The Morgan fingerprint density at radius 2 is 2.43 bits per heavy atom. The molecule has 0 unspecified atom stereocenters. The minimum Gasteiger partial charge on any atom is -0.360 e. The molecule has 0 heterocycles. The van der Waals surface area contributed by atoms with Crippen molar-refractivity contribution in [3.8, 4) is 0 Å². The molecular formula is C2H14N2Si3. The maximum absolute atomic E-state index is 3.49. The van der Waals surface area contributed by atoms with Gasteiger partial charge in [0.15, 0.2) is 9.84 Å². The van der Waals surface area contributed by atoms with Gasteiger partial charge in [0.25, 0.3) is 0 Å². The highest BCUT2D eigenvalue weighted by Crippen LogP contribution is 1.62. The summed E-state index contributed by atoms with van der Waals surface area (Å²) in [6.07, 6.45) is 0. The Balaban J connectivity index is 2.45. The molecule has 2 nitrogen and oxygen atoms in total. The summed E-state index contributed by atoms with van der Waals surface area (Å²) in [5, 5.41) is 0. The first kappa shape index (κ1) is 7.57. The molecule has 44 valence electrons. The van der Waals surface area contributed by atoms with Gasteiger partial charge in [-0.25, -0.2) is 0 Å². The van der Waals surface area contributed by atoms with Crippen molar-refractivity contribution in [1.29, 1.82) is 0 Å². The molecular weight excluding hydrogens is 136 g/mol. The Kier molecular flexibility index (Phi) is 7.11. The number of hydrogen-bond donors (Lipinski definition) is 2. The van der Waals surface area contributed by atoms with Crippen molar-refractivity contribution in [1.82, 2.24) is 9.30 Å². The highest BCUT2D eigenvalue weighted by molar-refractivity contribution is 6.52. The van der Waals surface area contributed by atoms with Gasteiger partial charge in [-0.1, -0.05) is 13.0 Å². The van der Waals surface area contributed by atoms with Crippen LogP contribution in [0.1, 0.15) is 6.92 Å². The Morgan fingerprint density at radius 3 is 2.86 bits per heavy atom. The zero-order chi connectivity index (χ0) is 5.54. The van der Waals surface area contributed by atoms with Crippen molar-refractivity contribution >= 4 is 29.9 Å². The molecule has 0 atom stereocenters. The summed E-state index contributed by atoms with van der Waals surface area (Å²) >= 11 is 0. The summed E-state index contributed by atoms with van der Waals surface area (Å²) in [7, 11) is 1.39. The van der Waals surface area contributed by atoms with Crippen LogP contribution in [0.4, 0.5) is 0 Å². The fourth-order valence-electron chi connectivity index (χ4n) is 0.390. The molecule has 0 aliphatic rings. The fourth-order valence-corrected chi connectivity index (χ4v) is 5.76. The highest BCUT2D eigenvalue weighted by Gasteiger charge is 1.78. The van der Waals surface area contributed by atoms with E-state index < -0.39 is 0 Å². The average molecular weight is 150 g/mol. The molecule has 0 aliphatic carbocycles. The first-order valence-electron chi connectivity index (χ1n) is 2.77. The Hall–Kier alpha value is 0.571. The van der Waals surface area contributed by atoms with E-state index in [0.29, 0.717) is 0 Å². The molecule has 0 bridgehead atoms. The summed E-state index contributed by atoms with van der Waals surface area (Å²) in [6, 6.07) is 1.40. The van der Waals surface area contributed by atoms with E-state index in [1.165, 1.54) is 16.4 Å². The van der Waals surface area contributed by atoms with Crippen LogP contribution in [0.2, 0.25) is 6.04 Å². The van der Waals surface area contributed by atoms with Gasteiger partial charge in [-0.3, -0.25) is 0 Å². The van der Waals surface area contributed by atoms with Gasteiger partial charge in [0, 0.05) is 0 Å². The Morgan fingerprint density at radius 1 is 1.71 bits per heavy atom. The molecule has 2 N–H and O–H groups in total. The molecule has 0 aromatic heterocycles. The summed E-state index contributed by atoms with van der Waals surface area (Å²) in [5.74, 6) is 0. The van der Waals surface area contributed by atoms with E-state index in [1.54, 1.807) is 0 Å². The van der Waals surface area contributed by atoms with Crippen LogP contribution in [0.5, 0.6) is 0 Å². The van der Waals surface area contributed by atoms with Crippen LogP contribution in [-0.4, -0.2) is 29.9 Å². The smallest absolute Gasteiger partial charge is 0.153 e. The molecule has 0 amide bonds. The predicted molar refractivity (Wildman–Crippen MR) is 43.8 cm³/mol. The third kappa shape index (κ3) is 6.57. The lowest BCUT2D eigenvalue weighted by Crippen LogP contribution is -2.33. The van der Waals surface area contributed by atoms with Crippen molar-refractivity contribution in [2.24, 2.45) is 0 Å². The Labute approximate surface area is 52.8 Å². The van der Waals surface area contributed by atoms with E-state index in [4.69, 9.17) is 0 Å². The largest absolute Gasteiger partial charge is 0.360 e. The lowest BCUT2D eigenvalue weighted by atomic mass is 11.0. The zero-order valence-corrected chi connectivity index (χ0v) is 9.95. The molecule has 0 saturated carbocycles. The zero-order valence-electron chi connectivity index (χ0n) is 5.12. The summed E-state index contributed by atoms with van der Waals surface area (Å²) < 4.78 is 6.79. The van der Waals surface area contributed by atoms with E-state index >= 15 is 0 Å². The summed E-state index contributed by atoms with van der Waals surface area (Å²) in [5.41, 5.74) is 0. The van der Waals surface area contributed by atoms with Crippen molar-refractivity contribution < 1.29 is 0 Å². The number of hydrogen-bond acceptors (Lipinski definition) is 2. The quantitative estimate of drug-likeness (QED) is 0.329. The van der Waals surface area contributed by atoms with Crippen LogP contribution in [0.15, 0.2) is 0 Å². The molecule has 0 saturated heterocycles. The van der Waals surface area contributed by atoms with Crippen LogP contribution >= 0.6 is 0 Å². The minimum absolute atomic E-state index is 0.0342. The van der Waals surface area contributed by atoms with Gasteiger partial charge in [-0.15, -0.1) is 0 Å². The van der Waals surface area contributed by atoms with Crippen LogP contribution in [0.3, 0.4) is 0 Å². The lowest BCUT2D eigenvalue weighted by molar-refractivity contribution is 1.36. The van der Waals surface area contributed by atoms with E-state index in [1.807, 2.05) is 0 Å². The molecule has 5 heteroatoms. The average Bonchev–Trinajstić information content (AvgIpc) is 1.69. The maximum Gasteiger partial charge on any atom is 0.153 e. The summed E-state index contributed by atoms with van der Waals surface area (Å²) in [6.45, 7) is 2.25. The molecule has 0 radical (unpaired) electrons. The van der Waals surface area contributed by atoms with Crippen molar-refractivity contribution in [2.75, 3.05) is 0 Å². The molecule has 0 spiro atoms. The predicted octanol–water partition coefficient (Wildman–Crippen LogP) is -3.03. The molecule has 0 aliphatic heterocycles. The van der Waals surface area contributed by atoms with Crippen molar-refractivity contribution in [3.63, 3.8) is 0 Å². The number of rotatable bonds is 4. The lowest BCUT2D eigenvalue weighted by Gasteiger charge is -1.95. The second-order valence-electron chi connectivity index (χ2n) is 1.53. The molecule has 7 heavy (non-hydrogen) atoms. The third-order valence-electron chi connectivity index (χ3n) is 0.729. The van der Waals surface area contributed by atoms with E-state index in [9.17, 15) is 0 Å². The standard InChI is InChI=1S/C2H14N2Si3/c1-2-6-4-7-3-5/h3-4H,2,6-7H2,1,5H3. The highest BCUT2D eigenvalue weighted by atomic mass is 28.3. The van der Waals surface area contributed by atoms with Crippen molar-refractivity contribution in [2.45, 2.75) is 13.0 Å². The molecule has 0 aromatic rings. The van der Waals surface area contributed by atoms with Crippen LogP contribution < -0.4 is 9.30 Å². The minimum atomic E-state index is 0.0342. The van der Waals surface area contributed by atoms with E-state index in [0.717, 1.165) is 0 Å². The van der Waals surface area contributed by atoms with Gasteiger partial charge in [0.05, 0.1) is 20.1 Å². The SMILES string of the molecule is CC[SiH2]N[SiH2]N[SiH3]. The van der Waals surface area contributed by atoms with Crippen molar-refractivity contribution in [3.05, 3.63) is 0 Å². The summed E-state index contributed by atoms with van der Waals surface area (Å²) in [4.78, 5) is 0. The molecule has 0 fully saturated rings. The third-order valence-corrected chi connectivity index (χ3v) is 5.06. The van der Waals surface area contributed by atoms with E-state index in [-0.39, 0.29) is 19.5 Å². The van der Waals surface area contributed by atoms with Gasteiger partial charge < -0.3 is 9.30 Å². The maximum atomic E-state index is 3.49. The van der Waals surface area contributed by atoms with Crippen LogP contribution in [0, 0.1) is 0 Å². The van der Waals surface area contributed by atoms with Gasteiger partial charge in [0.2, 0.25) is 0 Å². The van der Waals surface area contributed by atoms with Gasteiger partial charge >= 0.3 is 0 Å². The van der Waals surface area contributed by atoms with E-state index in [2.05, 4.69) is 16.2 Å². The van der Waals surface area contributed by atoms with Crippen LogP contribution in [0.25, 0.3) is 0 Å². The number of nitrogens with one attached hydrogen (secondary N) is 2. The second-order valence-corrected chi connectivity index (χ2v) is 8.21. The Bertz CT molecular complexity index is 30.1. The van der Waals surface area contributed by atoms with Gasteiger partial charge in [-0.2, -0.15) is 0 Å². The normalized spacial score (nSPS) is 13.3. The first-order valence-corrected chi connectivity index (χ1v) is 6.89. The topological polar surface area (TPSA) is 24.1 Å². The van der Waals surface area contributed by atoms with Gasteiger partial charge in [0.1, 0.15) is 0 Å². The first-order chi connectivity index (χ1) is 3.41.